The van der Waals surface area contributed by atoms with Gasteiger partial charge in [0.25, 0.3) is 5.91 Å². The summed E-state index contributed by atoms with van der Waals surface area (Å²) < 4.78 is 5.25. The average molecular weight is 476 g/mol. The standard InChI is InChI=1S/C25H37N3O4S/c1-8-10-11-14-26-22(29)21(19-13-12-17(3)15-18(19)4)28(9-2)23(30)20(16-33)27-24(31)32-25(5,6)7/h2,12-13,15,20-21,33H,8,10-11,14,16H2,1,3-7H3,(H,26,29)(H,27,31). The van der Waals surface area contributed by atoms with Crippen molar-refractivity contribution in [3.05, 3.63) is 34.9 Å². The number of unbranched alkanes of at least 4 members (excludes halogenated alkanes) is 2. The van der Waals surface area contributed by atoms with Gasteiger partial charge in [0, 0.05) is 18.3 Å². The lowest BCUT2D eigenvalue weighted by Gasteiger charge is -2.30. The Morgan fingerprint density at radius 2 is 1.88 bits per heavy atom. The van der Waals surface area contributed by atoms with E-state index < -0.39 is 29.7 Å². The van der Waals surface area contributed by atoms with E-state index in [4.69, 9.17) is 11.2 Å². The minimum absolute atomic E-state index is 0.0199. The van der Waals surface area contributed by atoms with Gasteiger partial charge in [0.05, 0.1) is 0 Å². The number of ether oxygens (including phenoxy) is 1. The Kier molecular flexibility index (Phi) is 11.3. The Morgan fingerprint density at radius 1 is 1.21 bits per heavy atom. The number of carbonyl (C=O) groups is 3. The number of alkyl carbamates (subject to hydrolysis) is 1. The van der Waals surface area contributed by atoms with Crippen molar-refractivity contribution in [2.45, 2.75) is 78.5 Å². The van der Waals surface area contributed by atoms with Crippen LogP contribution in [0.4, 0.5) is 4.79 Å². The van der Waals surface area contributed by atoms with Gasteiger partial charge in [-0.2, -0.15) is 12.6 Å². The Balaban J connectivity index is 3.26. The van der Waals surface area contributed by atoms with Gasteiger partial charge in [0.1, 0.15) is 17.7 Å². The predicted octanol–water partition coefficient (Wildman–Crippen LogP) is 3.89. The van der Waals surface area contributed by atoms with E-state index in [0.717, 1.165) is 35.3 Å². The van der Waals surface area contributed by atoms with Gasteiger partial charge in [-0.15, -0.1) is 0 Å². The van der Waals surface area contributed by atoms with Crippen LogP contribution in [0.2, 0.25) is 0 Å². The molecule has 2 N–H and O–H groups in total. The number of terminal acetylenes is 1. The number of carbonyl (C=O) groups excluding carboxylic acids is 3. The number of hydrogen-bond donors (Lipinski definition) is 3. The van der Waals surface area contributed by atoms with Gasteiger partial charge < -0.3 is 15.4 Å². The topological polar surface area (TPSA) is 87.7 Å². The summed E-state index contributed by atoms with van der Waals surface area (Å²) in [5.41, 5.74) is 1.74. The monoisotopic (exact) mass is 475 g/mol. The molecule has 7 nitrogen and oxygen atoms in total. The van der Waals surface area contributed by atoms with Crippen molar-refractivity contribution < 1.29 is 19.1 Å². The summed E-state index contributed by atoms with van der Waals surface area (Å²) in [7, 11) is 0. The van der Waals surface area contributed by atoms with Crippen LogP contribution in [-0.2, 0) is 14.3 Å². The number of hydrogen-bond acceptors (Lipinski definition) is 5. The maximum absolute atomic E-state index is 13.4. The smallest absolute Gasteiger partial charge is 0.408 e. The first-order chi connectivity index (χ1) is 15.4. The van der Waals surface area contributed by atoms with E-state index in [1.807, 2.05) is 26.0 Å². The minimum atomic E-state index is -1.07. The zero-order valence-electron chi connectivity index (χ0n) is 20.5. The fourth-order valence-corrected chi connectivity index (χ4v) is 3.53. The van der Waals surface area contributed by atoms with E-state index in [0.29, 0.717) is 12.1 Å². The van der Waals surface area contributed by atoms with E-state index in [2.05, 4.69) is 36.2 Å². The maximum Gasteiger partial charge on any atom is 0.408 e. The molecule has 0 radical (unpaired) electrons. The molecule has 1 aromatic rings. The molecule has 1 rings (SSSR count). The molecule has 33 heavy (non-hydrogen) atoms. The number of nitrogens with one attached hydrogen (secondary N) is 2. The normalized spacial score (nSPS) is 12.8. The van der Waals surface area contributed by atoms with Gasteiger partial charge in [-0.3, -0.25) is 14.5 Å². The molecule has 0 aromatic heterocycles. The second-order valence-electron chi connectivity index (χ2n) is 8.98. The first kappa shape index (κ1) is 28.4. The molecule has 182 valence electrons. The molecule has 0 saturated heterocycles. The molecule has 0 aliphatic rings. The largest absolute Gasteiger partial charge is 0.444 e. The highest BCUT2D eigenvalue weighted by atomic mass is 32.1. The molecule has 3 amide bonds. The van der Waals surface area contributed by atoms with Gasteiger partial charge in [-0.25, -0.2) is 4.79 Å². The number of nitrogens with zero attached hydrogens (tertiary/aromatic N) is 1. The molecule has 1 aromatic carbocycles. The molecule has 8 heteroatoms. The van der Waals surface area contributed by atoms with Crippen molar-refractivity contribution in [1.82, 2.24) is 15.5 Å². The van der Waals surface area contributed by atoms with Crippen LogP contribution in [0.15, 0.2) is 18.2 Å². The van der Waals surface area contributed by atoms with Crippen molar-refractivity contribution in [1.29, 1.82) is 0 Å². The quantitative estimate of drug-likeness (QED) is 0.207. The van der Waals surface area contributed by atoms with Crippen LogP contribution in [-0.4, -0.2) is 46.7 Å². The molecule has 0 aliphatic carbocycles. The minimum Gasteiger partial charge on any atom is -0.444 e. The second kappa shape index (κ2) is 13.1. The number of rotatable bonds is 10. The molecule has 0 heterocycles. The maximum atomic E-state index is 13.4. The van der Waals surface area contributed by atoms with Crippen LogP contribution in [0, 0.1) is 26.3 Å². The van der Waals surface area contributed by atoms with Gasteiger partial charge in [-0.05, 0) is 52.2 Å². The molecular weight excluding hydrogens is 438 g/mol. The van der Waals surface area contributed by atoms with Crippen LogP contribution in [0.5, 0.6) is 0 Å². The Morgan fingerprint density at radius 3 is 2.39 bits per heavy atom. The third kappa shape index (κ3) is 9.01. The highest BCUT2D eigenvalue weighted by Crippen LogP contribution is 2.26. The summed E-state index contributed by atoms with van der Waals surface area (Å²) in [4.78, 5) is 39.9. The van der Waals surface area contributed by atoms with Gasteiger partial charge in [-0.1, -0.05) is 50.0 Å². The van der Waals surface area contributed by atoms with Gasteiger partial charge in [0.15, 0.2) is 0 Å². The SMILES string of the molecule is C#CN(C(=O)C(CS)NC(=O)OC(C)(C)C)C(C(=O)NCCCCC)c1ccc(C)cc1C. The summed E-state index contributed by atoms with van der Waals surface area (Å²) in [5.74, 6) is -1.01. The van der Waals surface area contributed by atoms with Gasteiger partial charge >= 0.3 is 6.09 Å². The van der Waals surface area contributed by atoms with Crippen molar-refractivity contribution in [2.24, 2.45) is 0 Å². The molecule has 2 unspecified atom stereocenters. The fourth-order valence-electron chi connectivity index (χ4n) is 3.28. The molecule has 0 saturated carbocycles. The number of thiol groups is 1. The first-order valence-corrected chi connectivity index (χ1v) is 11.8. The summed E-state index contributed by atoms with van der Waals surface area (Å²) >= 11 is 4.21. The van der Waals surface area contributed by atoms with Crippen molar-refractivity contribution >= 4 is 30.5 Å². The molecule has 2 atom stereocenters. The van der Waals surface area contributed by atoms with Crippen LogP contribution >= 0.6 is 12.6 Å². The van der Waals surface area contributed by atoms with Crippen LogP contribution in [0.1, 0.15) is 69.7 Å². The van der Waals surface area contributed by atoms with Crippen molar-refractivity contribution in [3.8, 4) is 12.5 Å². The molecule has 0 spiro atoms. The van der Waals surface area contributed by atoms with E-state index in [-0.39, 0.29) is 11.7 Å². The summed E-state index contributed by atoms with van der Waals surface area (Å²) in [5, 5.41) is 5.41. The van der Waals surface area contributed by atoms with Crippen molar-refractivity contribution in [3.63, 3.8) is 0 Å². The molecule has 0 fully saturated rings. The van der Waals surface area contributed by atoms with Crippen molar-refractivity contribution in [2.75, 3.05) is 12.3 Å². The summed E-state index contributed by atoms with van der Waals surface area (Å²) in [6.07, 6.45) is 7.80. The molecule has 0 aliphatic heterocycles. The number of amides is 3. The lowest BCUT2D eigenvalue weighted by molar-refractivity contribution is -0.138. The third-order valence-electron chi connectivity index (χ3n) is 4.85. The summed E-state index contributed by atoms with van der Waals surface area (Å²) in [6, 6.07) is 5.84. The van der Waals surface area contributed by atoms with Crippen LogP contribution in [0.3, 0.4) is 0 Å². The van der Waals surface area contributed by atoms with E-state index in [1.54, 1.807) is 26.8 Å². The Bertz CT molecular complexity index is 873. The van der Waals surface area contributed by atoms with E-state index in [9.17, 15) is 14.4 Å². The van der Waals surface area contributed by atoms with Crippen LogP contribution < -0.4 is 10.6 Å². The Labute approximate surface area is 203 Å². The third-order valence-corrected chi connectivity index (χ3v) is 5.22. The lowest BCUT2D eigenvalue weighted by atomic mass is 9.97. The lowest BCUT2D eigenvalue weighted by Crippen LogP contribution is -2.52. The van der Waals surface area contributed by atoms with Gasteiger partial charge in [0.2, 0.25) is 5.91 Å². The Hall–Kier alpha value is -2.66. The predicted molar refractivity (Wildman–Crippen MR) is 134 cm³/mol. The highest BCUT2D eigenvalue weighted by molar-refractivity contribution is 7.80. The average Bonchev–Trinajstić information content (AvgIpc) is 2.72. The number of benzene rings is 1. The zero-order chi connectivity index (χ0) is 25.2. The molecular formula is C25H37N3O4S. The highest BCUT2D eigenvalue weighted by Gasteiger charge is 2.36. The second-order valence-corrected chi connectivity index (χ2v) is 9.34. The van der Waals surface area contributed by atoms with Crippen LogP contribution in [0.25, 0.3) is 0 Å². The first-order valence-electron chi connectivity index (χ1n) is 11.2. The number of aryl methyl sites for hydroxylation is 2. The van der Waals surface area contributed by atoms with E-state index >= 15 is 0 Å². The van der Waals surface area contributed by atoms with E-state index in [1.165, 1.54) is 0 Å². The zero-order valence-corrected chi connectivity index (χ0v) is 21.4. The molecule has 0 bridgehead atoms. The fraction of sp³-hybridized carbons (Fsp3) is 0.560. The summed E-state index contributed by atoms with van der Waals surface area (Å²) in [6.45, 7) is 11.5.